The van der Waals surface area contributed by atoms with E-state index in [0.29, 0.717) is 5.75 Å². The Balaban J connectivity index is 2.31. The Bertz CT molecular complexity index is 646. The van der Waals surface area contributed by atoms with Crippen molar-refractivity contribution in [1.29, 1.82) is 0 Å². The summed E-state index contributed by atoms with van der Waals surface area (Å²) < 4.78 is 33.2. The van der Waals surface area contributed by atoms with Gasteiger partial charge in [0.1, 0.15) is 11.5 Å². The van der Waals surface area contributed by atoms with E-state index < -0.39 is 7.82 Å². The number of rotatable bonds is 7. The van der Waals surface area contributed by atoms with Gasteiger partial charge in [-0.15, -0.1) is 0 Å². The van der Waals surface area contributed by atoms with Crippen LogP contribution < -0.4 is 9.26 Å². The predicted octanol–water partition coefficient (Wildman–Crippen LogP) is 4.41. The molecule has 2 aromatic carbocycles. The first-order valence-corrected chi connectivity index (χ1v) is 8.23. The molecule has 0 saturated heterocycles. The average molecular weight is 310 g/mol. The van der Waals surface area contributed by atoms with E-state index in [-0.39, 0.29) is 13.2 Å². The van der Waals surface area contributed by atoms with Crippen LogP contribution in [0, 0.1) is 0 Å². The zero-order valence-electron chi connectivity index (χ0n) is 12.4. The van der Waals surface area contributed by atoms with E-state index in [4.69, 9.17) is 18.3 Å². The zero-order valence-corrected chi connectivity index (χ0v) is 13.3. The van der Waals surface area contributed by atoms with Crippen LogP contribution in [-0.4, -0.2) is 20.3 Å². The highest BCUT2D eigenvalue weighted by Gasteiger charge is 2.27. The molecule has 114 valence electrons. The third-order valence-corrected chi connectivity index (χ3v) is 4.39. The van der Waals surface area contributed by atoms with Crippen molar-refractivity contribution in [2.45, 2.75) is 13.8 Å². The van der Waals surface area contributed by atoms with Gasteiger partial charge < -0.3 is 9.26 Å². The first-order chi connectivity index (χ1) is 10.1. The fraction of sp³-hybridized carbons (Fsp3) is 0.333. The van der Waals surface area contributed by atoms with Crippen molar-refractivity contribution < 1.29 is 22.9 Å². The van der Waals surface area contributed by atoms with E-state index >= 15 is 0 Å². The summed E-state index contributed by atoms with van der Waals surface area (Å²) in [5.41, 5.74) is 0. The van der Waals surface area contributed by atoms with Gasteiger partial charge in [0.05, 0.1) is 20.3 Å². The van der Waals surface area contributed by atoms with Gasteiger partial charge in [0, 0.05) is 0 Å². The molecule has 2 rings (SSSR count). The second kappa shape index (κ2) is 6.94. The molecular formula is C15H19O5P. The fourth-order valence-electron chi connectivity index (χ4n) is 1.92. The molecule has 0 saturated carbocycles. The largest absolute Gasteiger partial charge is 0.530 e. The topological polar surface area (TPSA) is 54.0 Å². The molecule has 2 aromatic rings. The minimum Gasteiger partial charge on any atom is -0.497 e. The minimum absolute atomic E-state index is 0.249. The molecule has 0 bridgehead atoms. The van der Waals surface area contributed by atoms with Crippen LogP contribution in [0.3, 0.4) is 0 Å². The fourth-order valence-corrected chi connectivity index (χ4v) is 3.11. The monoisotopic (exact) mass is 310 g/mol. The summed E-state index contributed by atoms with van der Waals surface area (Å²) >= 11 is 0. The summed E-state index contributed by atoms with van der Waals surface area (Å²) in [6.45, 7) is 3.97. The lowest BCUT2D eigenvalue weighted by Crippen LogP contribution is -2.02. The van der Waals surface area contributed by atoms with Crippen molar-refractivity contribution in [2.24, 2.45) is 0 Å². The zero-order chi connectivity index (χ0) is 15.3. The lowest BCUT2D eigenvalue weighted by molar-refractivity contribution is 0.167. The second-order valence-corrected chi connectivity index (χ2v) is 5.84. The maximum absolute atomic E-state index is 12.4. The molecule has 0 amide bonds. The predicted molar refractivity (Wildman–Crippen MR) is 82.0 cm³/mol. The number of methoxy groups -OCH3 is 1. The van der Waals surface area contributed by atoms with Crippen molar-refractivity contribution in [3.63, 3.8) is 0 Å². The van der Waals surface area contributed by atoms with Crippen molar-refractivity contribution >= 4 is 18.6 Å². The van der Waals surface area contributed by atoms with Crippen LogP contribution in [-0.2, 0) is 13.6 Å². The van der Waals surface area contributed by atoms with Crippen LogP contribution in [0.4, 0.5) is 0 Å². The lowest BCUT2D eigenvalue weighted by Gasteiger charge is -2.17. The molecule has 0 aliphatic rings. The molecule has 21 heavy (non-hydrogen) atoms. The number of hydrogen-bond donors (Lipinski definition) is 0. The standard InChI is InChI=1S/C15H19O5P/c1-4-18-21(16,19-5-2)20-15-9-7-12-6-8-14(17-3)10-13(12)11-15/h6-11H,4-5H2,1-3H3. The number of benzene rings is 2. The molecule has 6 heteroatoms. The van der Waals surface area contributed by atoms with Gasteiger partial charge in [0.15, 0.2) is 0 Å². The van der Waals surface area contributed by atoms with Crippen LogP contribution >= 0.6 is 7.82 Å². The van der Waals surface area contributed by atoms with Gasteiger partial charge in [-0.25, -0.2) is 4.57 Å². The third-order valence-electron chi connectivity index (χ3n) is 2.81. The minimum atomic E-state index is -3.57. The van der Waals surface area contributed by atoms with E-state index in [2.05, 4.69) is 0 Å². The van der Waals surface area contributed by atoms with Gasteiger partial charge in [-0.05, 0) is 48.9 Å². The Morgan fingerprint density at radius 2 is 1.48 bits per heavy atom. The molecule has 5 nitrogen and oxygen atoms in total. The number of phosphoric acid groups is 1. The van der Waals surface area contributed by atoms with Gasteiger partial charge in [-0.3, -0.25) is 9.05 Å². The van der Waals surface area contributed by atoms with E-state index in [1.54, 1.807) is 33.1 Å². The van der Waals surface area contributed by atoms with E-state index in [9.17, 15) is 4.57 Å². The molecule has 0 aliphatic carbocycles. The van der Waals surface area contributed by atoms with Gasteiger partial charge in [0.25, 0.3) is 0 Å². The number of phosphoric ester groups is 1. The van der Waals surface area contributed by atoms with Gasteiger partial charge in [0.2, 0.25) is 0 Å². The SMILES string of the molecule is CCOP(=O)(OCC)Oc1ccc2ccc(OC)cc2c1. The highest BCUT2D eigenvalue weighted by atomic mass is 31.2. The van der Waals surface area contributed by atoms with Crippen molar-refractivity contribution in [2.75, 3.05) is 20.3 Å². The van der Waals surface area contributed by atoms with Crippen molar-refractivity contribution in [3.05, 3.63) is 36.4 Å². The summed E-state index contributed by atoms with van der Waals surface area (Å²) in [5, 5.41) is 1.96. The average Bonchev–Trinajstić information content (AvgIpc) is 2.46. The maximum Gasteiger partial charge on any atom is 0.530 e. The molecule has 0 radical (unpaired) electrons. The summed E-state index contributed by atoms with van der Waals surface area (Å²) in [6.07, 6.45) is 0. The molecule has 0 N–H and O–H groups in total. The number of hydrogen-bond acceptors (Lipinski definition) is 5. The number of ether oxygens (including phenoxy) is 1. The van der Waals surface area contributed by atoms with Crippen molar-refractivity contribution in [3.8, 4) is 11.5 Å². The summed E-state index contributed by atoms with van der Waals surface area (Å²) in [4.78, 5) is 0. The number of fused-ring (bicyclic) bond motifs is 1. The highest BCUT2D eigenvalue weighted by molar-refractivity contribution is 7.48. The highest BCUT2D eigenvalue weighted by Crippen LogP contribution is 2.49. The quantitative estimate of drug-likeness (QED) is 0.709. The van der Waals surface area contributed by atoms with Gasteiger partial charge in [-0.1, -0.05) is 12.1 Å². The summed E-state index contributed by atoms with van der Waals surface area (Å²) in [6, 6.07) is 11.1. The van der Waals surface area contributed by atoms with Crippen LogP contribution in [0.25, 0.3) is 10.8 Å². The second-order valence-electron chi connectivity index (χ2n) is 4.25. The maximum atomic E-state index is 12.4. The van der Waals surface area contributed by atoms with Crippen LogP contribution in [0.5, 0.6) is 11.5 Å². The summed E-state index contributed by atoms with van der Waals surface area (Å²) in [7, 11) is -1.96. The van der Waals surface area contributed by atoms with E-state index in [1.165, 1.54) is 0 Å². The molecule has 0 aliphatic heterocycles. The molecule has 0 fully saturated rings. The molecule has 0 spiro atoms. The molecular weight excluding hydrogens is 291 g/mol. The van der Waals surface area contributed by atoms with Crippen LogP contribution in [0.2, 0.25) is 0 Å². The Hall–Kier alpha value is -1.55. The van der Waals surface area contributed by atoms with Crippen LogP contribution in [0.1, 0.15) is 13.8 Å². The Morgan fingerprint density at radius 1 is 0.905 bits per heavy atom. The van der Waals surface area contributed by atoms with Crippen molar-refractivity contribution in [1.82, 2.24) is 0 Å². The molecule has 0 atom stereocenters. The first-order valence-electron chi connectivity index (χ1n) is 6.76. The Labute approximate surface area is 124 Å². The van der Waals surface area contributed by atoms with Crippen LogP contribution in [0.15, 0.2) is 36.4 Å². The van der Waals surface area contributed by atoms with Gasteiger partial charge >= 0.3 is 7.82 Å². The molecule has 0 aromatic heterocycles. The van der Waals surface area contributed by atoms with E-state index in [0.717, 1.165) is 16.5 Å². The van der Waals surface area contributed by atoms with E-state index in [1.807, 2.05) is 24.3 Å². The Kier molecular flexibility index (Phi) is 5.23. The molecule has 0 heterocycles. The third kappa shape index (κ3) is 3.97. The lowest BCUT2D eigenvalue weighted by atomic mass is 10.1. The Morgan fingerprint density at radius 3 is 2.05 bits per heavy atom. The normalized spacial score (nSPS) is 11.6. The first kappa shape index (κ1) is 15.8. The van der Waals surface area contributed by atoms with Gasteiger partial charge in [-0.2, -0.15) is 0 Å². The summed E-state index contributed by atoms with van der Waals surface area (Å²) in [5.74, 6) is 1.18. The smallest absolute Gasteiger partial charge is 0.497 e. The molecule has 0 unspecified atom stereocenters.